The fraction of sp³-hybridized carbons (Fsp3) is 0.556. The summed E-state index contributed by atoms with van der Waals surface area (Å²) < 4.78 is 37.6. The van der Waals surface area contributed by atoms with Gasteiger partial charge < -0.3 is 9.80 Å². The van der Waals surface area contributed by atoms with Crippen molar-refractivity contribution < 1.29 is 22.8 Å². The molecule has 136 valence electrons. The van der Waals surface area contributed by atoms with Gasteiger partial charge in [0.25, 0.3) is 0 Å². The van der Waals surface area contributed by atoms with Crippen LogP contribution in [0.15, 0.2) is 24.3 Å². The minimum Gasteiger partial charge on any atom is -0.335 e. The van der Waals surface area contributed by atoms with E-state index in [0.717, 1.165) is 16.2 Å². The van der Waals surface area contributed by atoms with Gasteiger partial charge in [0.2, 0.25) is 5.91 Å². The van der Waals surface area contributed by atoms with Crippen molar-refractivity contribution in [3.8, 4) is 0 Å². The number of benzene rings is 1. The summed E-state index contributed by atoms with van der Waals surface area (Å²) in [6.07, 6.45) is -4.33. The second kappa shape index (κ2) is 6.04. The van der Waals surface area contributed by atoms with Gasteiger partial charge in [-0.3, -0.25) is 9.59 Å². The number of rotatable bonds is 1. The van der Waals surface area contributed by atoms with E-state index in [-0.39, 0.29) is 43.2 Å². The van der Waals surface area contributed by atoms with Gasteiger partial charge in [-0.1, -0.05) is 32.0 Å². The van der Waals surface area contributed by atoms with Gasteiger partial charge in [-0.25, -0.2) is 0 Å². The van der Waals surface area contributed by atoms with Crippen molar-refractivity contribution in [1.82, 2.24) is 4.90 Å². The molecule has 0 radical (unpaired) electrons. The zero-order valence-electron chi connectivity index (χ0n) is 14.3. The highest BCUT2D eigenvalue weighted by molar-refractivity contribution is 5.98. The number of carbonyl (C=O) groups excluding carboxylic acids is 2. The lowest BCUT2D eigenvalue weighted by Crippen LogP contribution is -2.48. The Morgan fingerprint density at radius 1 is 1.12 bits per heavy atom. The first-order valence-electron chi connectivity index (χ1n) is 8.38. The number of para-hydroxylation sites is 1. The van der Waals surface area contributed by atoms with Crippen LogP contribution in [0.1, 0.15) is 32.3 Å². The molecular formula is C18H21F3N2O2. The van der Waals surface area contributed by atoms with Crippen LogP contribution in [-0.2, 0) is 15.0 Å². The zero-order chi connectivity index (χ0) is 18.4. The number of alkyl halides is 3. The molecule has 2 heterocycles. The first kappa shape index (κ1) is 17.8. The molecule has 0 spiro atoms. The molecule has 7 heteroatoms. The summed E-state index contributed by atoms with van der Waals surface area (Å²) in [4.78, 5) is 26.8. The Kier molecular flexibility index (Phi) is 4.29. The van der Waals surface area contributed by atoms with E-state index in [0.29, 0.717) is 6.54 Å². The van der Waals surface area contributed by atoms with Crippen molar-refractivity contribution in [2.75, 3.05) is 24.5 Å². The van der Waals surface area contributed by atoms with Crippen molar-refractivity contribution in [3.05, 3.63) is 29.8 Å². The first-order chi connectivity index (χ1) is 11.6. The van der Waals surface area contributed by atoms with Crippen LogP contribution in [0.2, 0.25) is 0 Å². The number of likely N-dealkylation sites (tertiary alicyclic amines) is 1. The van der Waals surface area contributed by atoms with E-state index in [4.69, 9.17) is 0 Å². The number of carbonyl (C=O) groups is 2. The average Bonchev–Trinajstić information content (AvgIpc) is 2.85. The van der Waals surface area contributed by atoms with Crippen LogP contribution < -0.4 is 4.90 Å². The SMILES string of the molecule is CC1(C)CN(C(=O)C2CCN(C(=O)C(F)(F)F)CC2)c2ccccc21. The molecule has 25 heavy (non-hydrogen) atoms. The zero-order valence-corrected chi connectivity index (χ0v) is 14.3. The molecule has 1 fully saturated rings. The van der Waals surface area contributed by atoms with Crippen LogP contribution in [0.4, 0.5) is 18.9 Å². The number of hydrogen-bond acceptors (Lipinski definition) is 2. The minimum atomic E-state index is -4.85. The summed E-state index contributed by atoms with van der Waals surface area (Å²) in [6, 6.07) is 7.73. The Morgan fingerprint density at radius 3 is 2.32 bits per heavy atom. The van der Waals surface area contributed by atoms with Gasteiger partial charge in [0.1, 0.15) is 0 Å². The molecule has 0 aliphatic carbocycles. The first-order valence-corrected chi connectivity index (χ1v) is 8.38. The molecule has 0 bridgehead atoms. The predicted octanol–water partition coefficient (Wildman–Crippen LogP) is 3.11. The van der Waals surface area contributed by atoms with Crippen LogP contribution in [0.5, 0.6) is 0 Å². The molecule has 1 aromatic rings. The molecular weight excluding hydrogens is 333 g/mol. The van der Waals surface area contributed by atoms with Crippen molar-refractivity contribution in [1.29, 1.82) is 0 Å². The topological polar surface area (TPSA) is 40.6 Å². The number of amides is 2. The van der Waals surface area contributed by atoms with Crippen molar-refractivity contribution >= 4 is 17.5 Å². The van der Waals surface area contributed by atoms with Crippen molar-refractivity contribution in [2.24, 2.45) is 5.92 Å². The fourth-order valence-corrected chi connectivity index (χ4v) is 3.77. The third-order valence-electron chi connectivity index (χ3n) is 5.12. The second-order valence-electron chi connectivity index (χ2n) is 7.39. The summed E-state index contributed by atoms with van der Waals surface area (Å²) >= 11 is 0. The standard InChI is InChI=1S/C18H21F3N2O2/c1-17(2)11-23(14-6-4-3-5-13(14)17)15(24)12-7-9-22(10-8-12)16(25)18(19,20)21/h3-6,12H,7-11H2,1-2H3. The molecule has 1 saturated heterocycles. The molecule has 2 aliphatic heterocycles. The number of nitrogens with zero attached hydrogens (tertiary/aromatic N) is 2. The molecule has 0 saturated carbocycles. The normalized spacial score (nSPS) is 20.5. The Bertz CT molecular complexity index is 692. The Labute approximate surface area is 144 Å². The summed E-state index contributed by atoms with van der Waals surface area (Å²) in [5, 5.41) is 0. The monoisotopic (exact) mass is 354 g/mol. The molecule has 0 unspecified atom stereocenters. The van der Waals surface area contributed by atoms with Crippen LogP contribution >= 0.6 is 0 Å². The van der Waals surface area contributed by atoms with Gasteiger partial charge in [0, 0.05) is 36.7 Å². The molecule has 1 aromatic carbocycles. The fourth-order valence-electron chi connectivity index (χ4n) is 3.77. The smallest absolute Gasteiger partial charge is 0.335 e. The van der Waals surface area contributed by atoms with Gasteiger partial charge >= 0.3 is 12.1 Å². The van der Waals surface area contributed by atoms with Gasteiger partial charge in [-0.15, -0.1) is 0 Å². The van der Waals surface area contributed by atoms with Crippen LogP contribution in [0.3, 0.4) is 0 Å². The number of halogens is 3. The summed E-state index contributed by atoms with van der Waals surface area (Å²) in [5.41, 5.74) is 1.83. The quantitative estimate of drug-likeness (QED) is 0.778. The summed E-state index contributed by atoms with van der Waals surface area (Å²) in [5.74, 6) is -2.22. The number of hydrogen-bond donors (Lipinski definition) is 0. The molecule has 0 atom stereocenters. The highest BCUT2D eigenvalue weighted by atomic mass is 19.4. The number of anilines is 1. The minimum absolute atomic E-state index is 0.0341. The highest BCUT2D eigenvalue weighted by Gasteiger charge is 2.45. The maximum atomic E-state index is 12.9. The van der Waals surface area contributed by atoms with Crippen LogP contribution in [-0.4, -0.2) is 42.5 Å². The molecule has 4 nitrogen and oxygen atoms in total. The Morgan fingerprint density at radius 2 is 1.72 bits per heavy atom. The molecule has 0 aromatic heterocycles. The van der Waals surface area contributed by atoms with Gasteiger partial charge in [-0.05, 0) is 24.5 Å². The highest BCUT2D eigenvalue weighted by Crippen LogP contribution is 2.41. The van der Waals surface area contributed by atoms with Crippen LogP contribution in [0.25, 0.3) is 0 Å². The molecule has 3 rings (SSSR count). The largest absolute Gasteiger partial charge is 0.471 e. The summed E-state index contributed by atoms with van der Waals surface area (Å²) in [6.45, 7) is 4.64. The lowest BCUT2D eigenvalue weighted by molar-refractivity contribution is -0.186. The van der Waals surface area contributed by atoms with Gasteiger partial charge in [0.05, 0.1) is 0 Å². The maximum absolute atomic E-state index is 12.9. The summed E-state index contributed by atoms with van der Waals surface area (Å²) in [7, 11) is 0. The van der Waals surface area contributed by atoms with E-state index in [9.17, 15) is 22.8 Å². The van der Waals surface area contributed by atoms with E-state index in [1.165, 1.54) is 0 Å². The second-order valence-corrected chi connectivity index (χ2v) is 7.39. The predicted molar refractivity (Wildman–Crippen MR) is 87.2 cm³/mol. The van der Waals surface area contributed by atoms with Gasteiger partial charge in [0.15, 0.2) is 0 Å². The van der Waals surface area contributed by atoms with Crippen molar-refractivity contribution in [2.45, 2.75) is 38.3 Å². The lowest BCUT2D eigenvalue weighted by Gasteiger charge is -2.33. The van der Waals surface area contributed by atoms with E-state index in [2.05, 4.69) is 13.8 Å². The lowest BCUT2D eigenvalue weighted by atomic mass is 9.87. The van der Waals surface area contributed by atoms with E-state index < -0.39 is 12.1 Å². The molecule has 0 N–H and O–H groups in total. The molecule has 2 amide bonds. The van der Waals surface area contributed by atoms with Gasteiger partial charge in [-0.2, -0.15) is 13.2 Å². The third-order valence-corrected chi connectivity index (χ3v) is 5.12. The Hall–Kier alpha value is -2.05. The average molecular weight is 354 g/mol. The van der Waals surface area contributed by atoms with E-state index >= 15 is 0 Å². The Balaban J connectivity index is 1.69. The molecule has 2 aliphatic rings. The third kappa shape index (κ3) is 3.24. The maximum Gasteiger partial charge on any atom is 0.471 e. The van der Waals surface area contributed by atoms with Crippen LogP contribution in [0, 0.1) is 5.92 Å². The number of fused-ring (bicyclic) bond motifs is 1. The number of piperidine rings is 1. The van der Waals surface area contributed by atoms with E-state index in [1.54, 1.807) is 4.90 Å². The van der Waals surface area contributed by atoms with Crippen molar-refractivity contribution in [3.63, 3.8) is 0 Å². The van der Waals surface area contributed by atoms with E-state index in [1.807, 2.05) is 24.3 Å².